The van der Waals surface area contributed by atoms with E-state index in [1.54, 1.807) is 18.2 Å². The van der Waals surface area contributed by atoms with Crippen molar-refractivity contribution in [2.75, 3.05) is 19.6 Å². The summed E-state index contributed by atoms with van der Waals surface area (Å²) in [6.45, 7) is 9.05. The minimum atomic E-state index is -0.394. The Bertz CT molecular complexity index is 1170. The molecule has 0 unspecified atom stereocenters. The molecule has 0 saturated carbocycles. The van der Waals surface area contributed by atoms with Gasteiger partial charge in [0.05, 0.1) is 11.4 Å². The SMILES string of the molecule is CC(C)(C)c1ccc([C@@H](CNC(=O)c2cc(=O)c3cc(Cl)ccc3o2)N2CCCC2)cc1. The van der Waals surface area contributed by atoms with Crippen LogP contribution in [0.4, 0.5) is 0 Å². The van der Waals surface area contributed by atoms with Gasteiger partial charge in [-0.1, -0.05) is 56.6 Å². The van der Waals surface area contributed by atoms with Crippen LogP contribution in [0.1, 0.15) is 61.3 Å². The van der Waals surface area contributed by atoms with Gasteiger partial charge in [0.1, 0.15) is 5.58 Å². The number of nitrogens with one attached hydrogen (secondary N) is 1. The van der Waals surface area contributed by atoms with E-state index in [2.05, 4.69) is 55.3 Å². The number of carbonyl (C=O) groups is 1. The van der Waals surface area contributed by atoms with Gasteiger partial charge < -0.3 is 9.73 Å². The van der Waals surface area contributed by atoms with Gasteiger partial charge in [-0.05, 0) is 60.7 Å². The Morgan fingerprint density at radius 3 is 2.44 bits per heavy atom. The van der Waals surface area contributed by atoms with Crippen molar-refractivity contribution in [3.05, 3.63) is 80.7 Å². The quantitative estimate of drug-likeness (QED) is 0.569. The molecular formula is C26H29ClN2O3. The number of amides is 1. The highest BCUT2D eigenvalue weighted by Crippen LogP contribution is 2.28. The second kappa shape index (κ2) is 9.08. The van der Waals surface area contributed by atoms with Crippen LogP contribution >= 0.6 is 11.6 Å². The van der Waals surface area contributed by atoms with Crippen LogP contribution in [-0.4, -0.2) is 30.4 Å². The number of hydrogen-bond donors (Lipinski definition) is 1. The van der Waals surface area contributed by atoms with Crippen molar-refractivity contribution in [1.82, 2.24) is 10.2 Å². The van der Waals surface area contributed by atoms with Crippen LogP contribution in [0.2, 0.25) is 5.02 Å². The van der Waals surface area contributed by atoms with Crippen molar-refractivity contribution < 1.29 is 9.21 Å². The summed E-state index contributed by atoms with van der Waals surface area (Å²) in [7, 11) is 0. The summed E-state index contributed by atoms with van der Waals surface area (Å²) in [6, 6.07) is 14.8. The van der Waals surface area contributed by atoms with Crippen molar-refractivity contribution >= 4 is 28.5 Å². The van der Waals surface area contributed by atoms with E-state index in [0.717, 1.165) is 25.9 Å². The fourth-order valence-corrected chi connectivity index (χ4v) is 4.41. The first-order valence-electron chi connectivity index (χ1n) is 11.1. The maximum atomic E-state index is 12.9. The van der Waals surface area contributed by atoms with Gasteiger partial charge in [-0.25, -0.2) is 0 Å². The standard InChI is InChI=1S/C26H29ClN2O3/c1-26(2,3)18-8-6-17(7-9-18)21(29-12-4-5-13-29)16-28-25(31)24-15-22(30)20-14-19(27)10-11-23(20)32-24/h6-11,14-15,21H,4-5,12-13,16H2,1-3H3,(H,28,31)/t21-/m1/s1. The highest BCUT2D eigenvalue weighted by molar-refractivity contribution is 6.31. The van der Waals surface area contributed by atoms with Crippen molar-refractivity contribution in [3.63, 3.8) is 0 Å². The number of hydrogen-bond acceptors (Lipinski definition) is 4. The Morgan fingerprint density at radius 1 is 1.09 bits per heavy atom. The number of carbonyl (C=O) groups excluding carboxylic acids is 1. The van der Waals surface area contributed by atoms with E-state index >= 15 is 0 Å². The lowest BCUT2D eigenvalue weighted by Gasteiger charge is -2.29. The lowest BCUT2D eigenvalue weighted by Crippen LogP contribution is -2.37. The summed E-state index contributed by atoms with van der Waals surface area (Å²) in [5.41, 5.74) is 2.61. The topological polar surface area (TPSA) is 62.6 Å². The Balaban J connectivity index is 1.54. The predicted molar refractivity (Wildman–Crippen MR) is 129 cm³/mol. The third-order valence-electron chi connectivity index (χ3n) is 6.11. The largest absolute Gasteiger partial charge is 0.451 e. The number of benzene rings is 2. The third-order valence-corrected chi connectivity index (χ3v) is 6.35. The maximum Gasteiger partial charge on any atom is 0.287 e. The second-order valence-corrected chi connectivity index (χ2v) is 9.89. The van der Waals surface area contributed by atoms with Crippen LogP contribution in [0.15, 0.2) is 57.7 Å². The van der Waals surface area contributed by atoms with Gasteiger partial charge in [-0.15, -0.1) is 0 Å². The molecule has 0 spiro atoms. The number of likely N-dealkylation sites (tertiary alicyclic amines) is 1. The summed E-state index contributed by atoms with van der Waals surface area (Å²) >= 11 is 5.97. The molecule has 1 saturated heterocycles. The first kappa shape index (κ1) is 22.6. The molecule has 0 radical (unpaired) electrons. The molecule has 0 aliphatic carbocycles. The zero-order chi connectivity index (χ0) is 22.9. The van der Waals surface area contributed by atoms with E-state index < -0.39 is 5.91 Å². The Hall–Kier alpha value is -2.63. The van der Waals surface area contributed by atoms with Crippen molar-refractivity contribution in [1.29, 1.82) is 0 Å². The smallest absolute Gasteiger partial charge is 0.287 e. The van der Waals surface area contributed by atoms with E-state index in [1.165, 1.54) is 17.2 Å². The average Bonchev–Trinajstić information content (AvgIpc) is 3.28. The fourth-order valence-electron chi connectivity index (χ4n) is 4.23. The normalized spacial score (nSPS) is 15.8. The zero-order valence-electron chi connectivity index (χ0n) is 18.8. The molecule has 2 aromatic carbocycles. The second-order valence-electron chi connectivity index (χ2n) is 9.46. The molecule has 5 nitrogen and oxygen atoms in total. The van der Waals surface area contributed by atoms with Crippen molar-refractivity contribution in [2.24, 2.45) is 0 Å². The number of nitrogens with zero attached hydrogens (tertiary/aromatic N) is 1. The molecule has 168 valence electrons. The van der Waals surface area contributed by atoms with Gasteiger partial charge >= 0.3 is 0 Å². The molecule has 1 aromatic heterocycles. The Labute approximate surface area is 193 Å². The molecule has 2 heterocycles. The molecule has 1 N–H and O–H groups in total. The summed E-state index contributed by atoms with van der Waals surface area (Å²) in [4.78, 5) is 27.7. The number of fused-ring (bicyclic) bond motifs is 1. The molecule has 6 heteroatoms. The van der Waals surface area contributed by atoms with E-state index in [0.29, 0.717) is 22.5 Å². The van der Waals surface area contributed by atoms with Crippen LogP contribution in [0.25, 0.3) is 11.0 Å². The summed E-state index contributed by atoms with van der Waals surface area (Å²) in [5, 5.41) is 3.80. The molecule has 1 fully saturated rings. The summed E-state index contributed by atoms with van der Waals surface area (Å²) < 4.78 is 5.69. The molecule has 1 atom stereocenters. The van der Waals surface area contributed by atoms with E-state index in [4.69, 9.17) is 16.0 Å². The molecule has 1 aliphatic rings. The van der Waals surface area contributed by atoms with Crippen LogP contribution < -0.4 is 10.7 Å². The molecule has 3 aromatic rings. The van der Waals surface area contributed by atoms with Gasteiger partial charge in [0.25, 0.3) is 5.91 Å². The first-order chi connectivity index (χ1) is 15.2. The number of halogens is 1. The molecular weight excluding hydrogens is 424 g/mol. The first-order valence-corrected chi connectivity index (χ1v) is 11.5. The van der Waals surface area contributed by atoms with Crippen LogP contribution in [0.5, 0.6) is 0 Å². The van der Waals surface area contributed by atoms with Gasteiger partial charge in [0.15, 0.2) is 11.2 Å². The minimum absolute atomic E-state index is 0.00748. The minimum Gasteiger partial charge on any atom is -0.451 e. The van der Waals surface area contributed by atoms with Crippen molar-refractivity contribution in [3.8, 4) is 0 Å². The van der Waals surface area contributed by atoms with Crippen LogP contribution in [0.3, 0.4) is 0 Å². The van der Waals surface area contributed by atoms with E-state index in [9.17, 15) is 9.59 Å². The molecule has 4 rings (SSSR count). The Kier molecular flexibility index (Phi) is 6.40. The summed E-state index contributed by atoms with van der Waals surface area (Å²) in [5.74, 6) is -0.387. The highest BCUT2D eigenvalue weighted by atomic mass is 35.5. The van der Waals surface area contributed by atoms with E-state index in [-0.39, 0.29) is 22.6 Å². The lowest BCUT2D eigenvalue weighted by molar-refractivity contribution is 0.0910. The monoisotopic (exact) mass is 452 g/mol. The van der Waals surface area contributed by atoms with Gasteiger partial charge in [0, 0.05) is 17.6 Å². The molecule has 1 amide bonds. The average molecular weight is 453 g/mol. The van der Waals surface area contributed by atoms with Crippen molar-refractivity contribution in [2.45, 2.75) is 45.1 Å². The van der Waals surface area contributed by atoms with Crippen LogP contribution in [0, 0.1) is 0 Å². The zero-order valence-corrected chi connectivity index (χ0v) is 19.5. The highest BCUT2D eigenvalue weighted by Gasteiger charge is 2.25. The van der Waals surface area contributed by atoms with Gasteiger partial charge in [-0.2, -0.15) is 0 Å². The number of rotatable bonds is 5. The third kappa shape index (κ3) is 4.89. The Morgan fingerprint density at radius 2 is 1.78 bits per heavy atom. The molecule has 1 aliphatic heterocycles. The maximum absolute atomic E-state index is 12.9. The van der Waals surface area contributed by atoms with Gasteiger partial charge in [0.2, 0.25) is 0 Å². The molecule has 0 bridgehead atoms. The molecule has 32 heavy (non-hydrogen) atoms. The predicted octanol–water partition coefficient (Wildman–Crippen LogP) is 5.31. The van der Waals surface area contributed by atoms with E-state index in [1.807, 2.05) is 0 Å². The van der Waals surface area contributed by atoms with Crippen LogP contribution in [-0.2, 0) is 5.41 Å². The fraction of sp³-hybridized carbons (Fsp3) is 0.385. The summed E-state index contributed by atoms with van der Waals surface area (Å²) in [6.07, 6.45) is 2.32. The van der Waals surface area contributed by atoms with Gasteiger partial charge in [-0.3, -0.25) is 14.5 Å². The lowest BCUT2D eigenvalue weighted by atomic mass is 9.86.